The fourth-order valence-corrected chi connectivity index (χ4v) is 1.48. The van der Waals surface area contributed by atoms with Gasteiger partial charge in [0, 0.05) is 0 Å². The average molecular weight is 141 g/mol. The summed E-state index contributed by atoms with van der Waals surface area (Å²) in [5.41, 5.74) is 0. The molecule has 1 saturated heterocycles. The normalized spacial score (nSPS) is 22.2. The Morgan fingerprint density at radius 3 is 2.60 bits per heavy atom. The Morgan fingerprint density at radius 1 is 1.50 bits per heavy atom. The molecule has 1 N–H and O–H groups in total. The lowest BCUT2D eigenvalue weighted by atomic mass is 9.85. The molecule has 1 heterocycles. The smallest absolute Gasteiger partial charge is 0.000570 e. The molecule has 0 aromatic heterocycles. The van der Waals surface area contributed by atoms with Gasteiger partial charge in [-0.3, -0.25) is 0 Å². The van der Waals surface area contributed by atoms with Gasteiger partial charge in [0.2, 0.25) is 0 Å². The monoisotopic (exact) mass is 141 g/mol. The molecule has 0 amide bonds. The molecular weight excluding hydrogens is 122 g/mol. The van der Waals surface area contributed by atoms with Crippen LogP contribution >= 0.6 is 0 Å². The number of unbranched alkanes of at least 4 members (excludes halogenated alkanes) is 1. The Bertz CT molecular complexity index is 86.7. The third-order valence-corrected chi connectivity index (χ3v) is 2.63. The molecule has 1 aliphatic heterocycles. The van der Waals surface area contributed by atoms with Gasteiger partial charge in [-0.05, 0) is 24.9 Å². The molecule has 60 valence electrons. The molecule has 0 radical (unpaired) electrons. The summed E-state index contributed by atoms with van der Waals surface area (Å²) in [6.45, 7) is 7.20. The lowest BCUT2D eigenvalue weighted by Crippen LogP contribution is -2.45. The summed E-state index contributed by atoms with van der Waals surface area (Å²) in [5.74, 6) is 1.95. The van der Waals surface area contributed by atoms with Gasteiger partial charge in [0.25, 0.3) is 0 Å². The third kappa shape index (κ3) is 1.98. The molecule has 0 aromatic carbocycles. The molecule has 10 heavy (non-hydrogen) atoms. The van der Waals surface area contributed by atoms with E-state index in [9.17, 15) is 0 Å². The van der Waals surface area contributed by atoms with Crippen LogP contribution in [0.1, 0.15) is 33.1 Å². The second-order valence-corrected chi connectivity index (χ2v) is 3.54. The Kier molecular flexibility index (Phi) is 3.20. The van der Waals surface area contributed by atoms with E-state index < -0.39 is 0 Å². The number of hydrogen-bond acceptors (Lipinski definition) is 1. The zero-order valence-electron chi connectivity index (χ0n) is 7.19. The topological polar surface area (TPSA) is 12.0 Å². The number of rotatable bonds is 4. The van der Waals surface area contributed by atoms with E-state index in [4.69, 9.17) is 0 Å². The van der Waals surface area contributed by atoms with E-state index in [1.165, 1.54) is 32.4 Å². The second kappa shape index (κ2) is 3.97. The maximum atomic E-state index is 3.32. The van der Waals surface area contributed by atoms with E-state index in [1.807, 2.05) is 0 Å². The van der Waals surface area contributed by atoms with E-state index in [-0.39, 0.29) is 0 Å². The van der Waals surface area contributed by atoms with Crippen molar-refractivity contribution >= 4 is 0 Å². The highest BCUT2D eigenvalue weighted by molar-refractivity contribution is 4.78. The van der Waals surface area contributed by atoms with Gasteiger partial charge in [-0.25, -0.2) is 0 Å². The lowest BCUT2D eigenvalue weighted by molar-refractivity contribution is 0.234. The van der Waals surface area contributed by atoms with Gasteiger partial charge < -0.3 is 5.32 Å². The van der Waals surface area contributed by atoms with Crippen LogP contribution in [0.2, 0.25) is 0 Å². The maximum Gasteiger partial charge on any atom is -0.000570 e. The maximum absolute atomic E-state index is 3.32. The van der Waals surface area contributed by atoms with Crippen molar-refractivity contribution in [1.82, 2.24) is 5.32 Å². The summed E-state index contributed by atoms with van der Waals surface area (Å²) < 4.78 is 0. The van der Waals surface area contributed by atoms with Gasteiger partial charge in [-0.15, -0.1) is 0 Å². The van der Waals surface area contributed by atoms with Gasteiger partial charge in [0.1, 0.15) is 0 Å². The second-order valence-electron chi connectivity index (χ2n) is 3.54. The highest BCUT2D eigenvalue weighted by atomic mass is 14.9. The summed E-state index contributed by atoms with van der Waals surface area (Å²) in [6.07, 6.45) is 4.20. The molecular formula is C9H19N. The Labute approximate surface area is 64.2 Å². The Morgan fingerprint density at radius 2 is 2.20 bits per heavy atom. The largest absolute Gasteiger partial charge is 0.316 e. The van der Waals surface area contributed by atoms with Crippen molar-refractivity contribution in [2.24, 2.45) is 11.8 Å². The van der Waals surface area contributed by atoms with Crippen LogP contribution in [0.5, 0.6) is 0 Å². The summed E-state index contributed by atoms with van der Waals surface area (Å²) >= 11 is 0. The first-order chi connectivity index (χ1) is 4.84. The van der Waals surface area contributed by atoms with E-state index in [0.29, 0.717) is 0 Å². The van der Waals surface area contributed by atoms with Crippen LogP contribution in [-0.4, -0.2) is 13.1 Å². The molecule has 1 unspecified atom stereocenters. The summed E-state index contributed by atoms with van der Waals surface area (Å²) in [5, 5.41) is 3.32. The van der Waals surface area contributed by atoms with Crippen molar-refractivity contribution in [3.63, 3.8) is 0 Å². The fraction of sp³-hybridized carbons (Fsp3) is 1.00. The quantitative estimate of drug-likeness (QED) is 0.631. The van der Waals surface area contributed by atoms with Crippen molar-refractivity contribution in [3.05, 3.63) is 0 Å². The van der Waals surface area contributed by atoms with Crippen molar-refractivity contribution in [3.8, 4) is 0 Å². The summed E-state index contributed by atoms with van der Waals surface area (Å²) in [6, 6.07) is 0. The molecule has 0 spiro atoms. The molecule has 0 saturated carbocycles. The minimum Gasteiger partial charge on any atom is -0.316 e. The lowest BCUT2D eigenvalue weighted by Gasteiger charge is -2.32. The standard InChI is InChI=1S/C9H19N/c1-3-4-5-8(2)9-6-10-7-9/h8-10H,3-7H2,1-2H3. The van der Waals surface area contributed by atoms with Crippen LogP contribution in [0.25, 0.3) is 0 Å². The van der Waals surface area contributed by atoms with Gasteiger partial charge in [0.15, 0.2) is 0 Å². The molecule has 1 rings (SSSR count). The van der Waals surface area contributed by atoms with Crippen LogP contribution in [0.4, 0.5) is 0 Å². The molecule has 0 bridgehead atoms. The summed E-state index contributed by atoms with van der Waals surface area (Å²) in [7, 11) is 0. The van der Waals surface area contributed by atoms with Crippen LogP contribution in [0, 0.1) is 11.8 Å². The van der Waals surface area contributed by atoms with Crippen molar-refractivity contribution in [1.29, 1.82) is 0 Å². The molecule has 1 atom stereocenters. The van der Waals surface area contributed by atoms with Crippen LogP contribution in [0.3, 0.4) is 0 Å². The minimum absolute atomic E-state index is 0.959. The average Bonchev–Trinajstić information content (AvgIpc) is 1.79. The van der Waals surface area contributed by atoms with Crippen molar-refractivity contribution < 1.29 is 0 Å². The van der Waals surface area contributed by atoms with E-state index in [1.54, 1.807) is 0 Å². The minimum atomic E-state index is 0.959. The van der Waals surface area contributed by atoms with Crippen molar-refractivity contribution in [2.75, 3.05) is 13.1 Å². The van der Waals surface area contributed by atoms with Crippen molar-refractivity contribution in [2.45, 2.75) is 33.1 Å². The van der Waals surface area contributed by atoms with Gasteiger partial charge in [-0.1, -0.05) is 33.1 Å². The first-order valence-electron chi connectivity index (χ1n) is 4.55. The molecule has 1 nitrogen and oxygen atoms in total. The third-order valence-electron chi connectivity index (χ3n) is 2.63. The SMILES string of the molecule is CCCCC(C)C1CNC1. The van der Waals surface area contributed by atoms with Gasteiger partial charge >= 0.3 is 0 Å². The van der Waals surface area contributed by atoms with Crippen LogP contribution in [0.15, 0.2) is 0 Å². The molecule has 0 aromatic rings. The Balaban J connectivity index is 2.02. The zero-order chi connectivity index (χ0) is 7.40. The highest BCUT2D eigenvalue weighted by Gasteiger charge is 2.22. The number of hydrogen-bond donors (Lipinski definition) is 1. The van der Waals surface area contributed by atoms with Gasteiger partial charge in [-0.2, -0.15) is 0 Å². The van der Waals surface area contributed by atoms with Crippen LogP contribution in [-0.2, 0) is 0 Å². The summed E-state index contributed by atoms with van der Waals surface area (Å²) in [4.78, 5) is 0. The first-order valence-corrected chi connectivity index (χ1v) is 4.55. The van der Waals surface area contributed by atoms with Crippen LogP contribution < -0.4 is 5.32 Å². The Hall–Kier alpha value is -0.0400. The molecule has 0 aliphatic carbocycles. The predicted octanol–water partition coefficient (Wildman–Crippen LogP) is 2.03. The number of nitrogens with one attached hydrogen (secondary N) is 1. The first kappa shape index (κ1) is 8.06. The van der Waals surface area contributed by atoms with E-state index in [2.05, 4.69) is 19.2 Å². The molecule has 1 aliphatic rings. The predicted molar refractivity (Wildman–Crippen MR) is 45.0 cm³/mol. The fourth-order valence-electron chi connectivity index (χ4n) is 1.48. The highest BCUT2D eigenvalue weighted by Crippen LogP contribution is 2.20. The van der Waals surface area contributed by atoms with E-state index >= 15 is 0 Å². The molecule has 1 heteroatoms. The molecule has 1 fully saturated rings. The zero-order valence-corrected chi connectivity index (χ0v) is 7.19. The van der Waals surface area contributed by atoms with E-state index in [0.717, 1.165) is 11.8 Å². The van der Waals surface area contributed by atoms with Gasteiger partial charge in [0.05, 0.1) is 0 Å².